The van der Waals surface area contributed by atoms with Crippen LogP contribution in [0.2, 0.25) is 0 Å². The zero-order chi connectivity index (χ0) is 22.3. The Balaban J connectivity index is 1.47. The molecule has 2 aromatic heterocycles. The summed E-state index contributed by atoms with van der Waals surface area (Å²) in [5.41, 5.74) is 2.49. The number of aromatic amines is 1. The minimum Gasteiger partial charge on any atom is -0.406 e. The molecule has 0 atom stereocenters. The van der Waals surface area contributed by atoms with E-state index in [0.29, 0.717) is 36.4 Å². The highest BCUT2D eigenvalue weighted by Crippen LogP contribution is 2.33. The van der Waals surface area contributed by atoms with Gasteiger partial charge < -0.3 is 14.6 Å². The van der Waals surface area contributed by atoms with Crippen molar-refractivity contribution in [2.24, 2.45) is 0 Å². The second-order valence-corrected chi connectivity index (χ2v) is 7.51. The number of halogens is 3. The van der Waals surface area contributed by atoms with E-state index in [-0.39, 0.29) is 11.3 Å². The number of ether oxygens (including phenoxy) is 1. The molecule has 1 aliphatic rings. The zero-order valence-corrected chi connectivity index (χ0v) is 16.8. The largest absolute Gasteiger partial charge is 0.573 e. The highest BCUT2D eigenvalue weighted by molar-refractivity contribution is 5.75. The fraction of sp³-hybridized carbons (Fsp3) is 0.227. The summed E-state index contributed by atoms with van der Waals surface area (Å²) >= 11 is 0. The van der Waals surface area contributed by atoms with Crippen LogP contribution in [-0.2, 0) is 13.0 Å². The molecule has 164 valence electrons. The molecule has 32 heavy (non-hydrogen) atoms. The molecule has 2 aromatic carbocycles. The lowest BCUT2D eigenvalue weighted by Crippen LogP contribution is -2.30. The summed E-state index contributed by atoms with van der Waals surface area (Å²) in [7, 11) is 0. The number of nitrogens with zero attached hydrogens (tertiary/aromatic N) is 4. The molecule has 0 amide bonds. The van der Waals surface area contributed by atoms with Gasteiger partial charge in [-0.1, -0.05) is 18.2 Å². The van der Waals surface area contributed by atoms with Crippen LogP contribution in [-0.4, -0.2) is 32.7 Å². The number of hydrogen-bond acceptors (Lipinski definition) is 5. The van der Waals surface area contributed by atoms with Crippen LogP contribution in [0.3, 0.4) is 0 Å². The van der Waals surface area contributed by atoms with Crippen LogP contribution in [0, 0.1) is 0 Å². The smallest absolute Gasteiger partial charge is 0.406 e. The molecule has 10 heteroatoms. The molecule has 7 nitrogen and oxygen atoms in total. The molecule has 3 heterocycles. The monoisotopic (exact) mass is 441 g/mol. The summed E-state index contributed by atoms with van der Waals surface area (Å²) in [6.45, 7) is 0.990. The topological polar surface area (TPSA) is 76.0 Å². The Bertz CT molecular complexity index is 1330. The average Bonchev–Trinajstić information content (AvgIpc) is 3.18. The van der Waals surface area contributed by atoms with E-state index in [1.807, 2.05) is 35.2 Å². The molecule has 5 rings (SSSR count). The number of aromatic nitrogens is 4. The minimum absolute atomic E-state index is 0.238. The molecular formula is C22H18F3N5O2. The maximum Gasteiger partial charge on any atom is 0.573 e. The summed E-state index contributed by atoms with van der Waals surface area (Å²) < 4.78 is 43.3. The molecule has 0 bridgehead atoms. The Morgan fingerprint density at radius 2 is 1.94 bits per heavy atom. The number of rotatable bonds is 4. The number of alkyl halides is 3. The van der Waals surface area contributed by atoms with E-state index in [1.165, 1.54) is 18.3 Å². The van der Waals surface area contributed by atoms with Crippen molar-refractivity contribution in [3.05, 3.63) is 76.5 Å². The van der Waals surface area contributed by atoms with Gasteiger partial charge in [0.25, 0.3) is 5.56 Å². The Morgan fingerprint density at radius 3 is 2.72 bits per heavy atom. The van der Waals surface area contributed by atoms with E-state index in [4.69, 9.17) is 0 Å². The fourth-order valence-electron chi connectivity index (χ4n) is 3.99. The van der Waals surface area contributed by atoms with Gasteiger partial charge in [0.15, 0.2) is 5.65 Å². The van der Waals surface area contributed by atoms with Gasteiger partial charge >= 0.3 is 6.36 Å². The third-order valence-electron chi connectivity index (χ3n) is 5.33. The number of fused-ring (bicyclic) bond motifs is 2. The first-order valence-electron chi connectivity index (χ1n) is 10.0. The molecule has 4 aromatic rings. The molecule has 0 unspecified atom stereocenters. The minimum atomic E-state index is -4.73. The quantitative estimate of drug-likeness (QED) is 0.519. The van der Waals surface area contributed by atoms with Crippen LogP contribution in [0.25, 0.3) is 16.7 Å². The average molecular weight is 441 g/mol. The van der Waals surface area contributed by atoms with Crippen molar-refractivity contribution >= 4 is 16.7 Å². The first kappa shape index (κ1) is 20.1. The van der Waals surface area contributed by atoms with E-state index in [2.05, 4.69) is 19.8 Å². The van der Waals surface area contributed by atoms with Crippen molar-refractivity contribution in [3.63, 3.8) is 0 Å². The van der Waals surface area contributed by atoms with Crippen molar-refractivity contribution in [1.82, 2.24) is 19.7 Å². The molecule has 0 spiro atoms. The number of H-pyrrole nitrogens is 1. The van der Waals surface area contributed by atoms with Crippen LogP contribution in [0.4, 0.5) is 18.9 Å². The number of aryl methyl sites for hydroxylation is 1. The predicted octanol–water partition coefficient (Wildman–Crippen LogP) is 3.96. The number of benzene rings is 2. The number of anilines is 1. The normalized spacial score (nSPS) is 13.9. The van der Waals surface area contributed by atoms with Crippen LogP contribution < -0.4 is 15.2 Å². The van der Waals surface area contributed by atoms with E-state index in [1.54, 1.807) is 10.7 Å². The van der Waals surface area contributed by atoms with Crippen LogP contribution in [0.5, 0.6) is 5.75 Å². The van der Waals surface area contributed by atoms with Crippen LogP contribution in [0.15, 0.2) is 59.5 Å². The van der Waals surface area contributed by atoms with Gasteiger partial charge in [0.05, 0.1) is 18.4 Å². The molecule has 0 saturated heterocycles. The van der Waals surface area contributed by atoms with E-state index in [9.17, 15) is 18.0 Å². The van der Waals surface area contributed by atoms with Crippen LogP contribution in [0.1, 0.15) is 17.8 Å². The standard InChI is InChI=1S/C22H18F3N5O2/c23-22(24,25)32-16-8-9-18-14(11-16)5-4-10-29(18)13-19-27-20-17(21(31)28-19)12-26-30(20)15-6-2-1-3-7-15/h1-3,6-9,11-12H,4-5,10,13H2,(H,27,28,31). The first-order valence-corrected chi connectivity index (χ1v) is 10.0. The number of nitrogens with one attached hydrogen (secondary N) is 1. The Labute approximate surface area is 180 Å². The van der Waals surface area contributed by atoms with Gasteiger partial charge in [-0.2, -0.15) is 5.10 Å². The second-order valence-electron chi connectivity index (χ2n) is 7.51. The van der Waals surface area contributed by atoms with Gasteiger partial charge in [-0.3, -0.25) is 4.79 Å². The Hall–Kier alpha value is -3.82. The fourth-order valence-corrected chi connectivity index (χ4v) is 3.99. The molecule has 0 saturated carbocycles. The van der Waals surface area contributed by atoms with Gasteiger partial charge in [-0.25, -0.2) is 9.67 Å². The van der Waals surface area contributed by atoms with Crippen LogP contribution >= 0.6 is 0 Å². The zero-order valence-electron chi connectivity index (χ0n) is 16.8. The lowest BCUT2D eigenvalue weighted by Gasteiger charge is -2.31. The number of para-hydroxylation sites is 1. The molecule has 0 aliphatic carbocycles. The van der Waals surface area contributed by atoms with Gasteiger partial charge in [0, 0.05) is 12.2 Å². The molecular weight excluding hydrogens is 423 g/mol. The Morgan fingerprint density at radius 1 is 1.12 bits per heavy atom. The van der Waals surface area contributed by atoms with Gasteiger partial charge in [0.2, 0.25) is 0 Å². The lowest BCUT2D eigenvalue weighted by atomic mass is 10.0. The molecule has 0 radical (unpaired) electrons. The van der Waals surface area contributed by atoms with Crippen molar-refractivity contribution in [2.75, 3.05) is 11.4 Å². The molecule has 0 fully saturated rings. The van der Waals surface area contributed by atoms with Gasteiger partial charge in [0.1, 0.15) is 17.0 Å². The third-order valence-corrected chi connectivity index (χ3v) is 5.33. The predicted molar refractivity (Wildman–Crippen MR) is 112 cm³/mol. The van der Waals surface area contributed by atoms with Crippen molar-refractivity contribution < 1.29 is 17.9 Å². The summed E-state index contributed by atoms with van der Waals surface area (Å²) in [6.07, 6.45) is -1.85. The lowest BCUT2D eigenvalue weighted by molar-refractivity contribution is -0.274. The van der Waals surface area contributed by atoms with E-state index >= 15 is 0 Å². The van der Waals surface area contributed by atoms with Crippen molar-refractivity contribution in [2.45, 2.75) is 25.7 Å². The maximum absolute atomic E-state index is 12.6. The summed E-state index contributed by atoms with van der Waals surface area (Å²) in [5, 5.41) is 4.68. The summed E-state index contributed by atoms with van der Waals surface area (Å²) in [4.78, 5) is 22.0. The Kier molecular flexibility index (Phi) is 4.84. The number of hydrogen-bond donors (Lipinski definition) is 1. The van der Waals surface area contributed by atoms with Crippen molar-refractivity contribution in [1.29, 1.82) is 0 Å². The van der Waals surface area contributed by atoms with E-state index < -0.39 is 6.36 Å². The highest BCUT2D eigenvalue weighted by atomic mass is 19.4. The van der Waals surface area contributed by atoms with Crippen molar-refractivity contribution in [3.8, 4) is 11.4 Å². The van der Waals surface area contributed by atoms with Gasteiger partial charge in [-0.15, -0.1) is 13.2 Å². The molecule has 1 N–H and O–H groups in total. The van der Waals surface area contributed by atoms with Gasteiger partial charge in [-0.05, 0) is 48.7 Å². The summed E-state index contributed by atoms with van der Waals surface area (Å²) in [5.74, 6) is 0.210. The third kappa shape index (κ3) is 3.91. The highest BCUT2D eigenvalue weighted by Gasteiger charge is 2.31. The second kappa shape index (κ2) is 7.70. The first-order chi connectivity index (χ1) is 15.4. The summed E-state index contributed by atoms with van der Waals surface area (Å²) in [6, 6.07) is 13.7. The SMILES string of the molecule is O=c1[nH]c(CN2CCCc3cc(OC(F)(F)F)ccc32)nc2c1cnn2-c1ccccc1. The maximum atomic E-state index is 12.6. The van der Waals surface area contributed by atoms with E-state index in [0.717, 1.165) is 23.4 Å². The molecule has 1 aliphatic heterocycles.